The summed E-state index contributed by atoms with van der Waals surface area (Å²) in [5.41, 5.74) is 2.57. The molecule has 3 aromatic rings. The zero-order chi connectivity index (χ0) is 24.7. The zero-order valence-corrected chi connectivity index (χ0v) is 19.6. The molecule has 2 aromatic heterocycles. The minimum Gasteiger partial charge on any atom is -0.377 e. The number of hydrogen-bond donors (Lipinski definition) is 1. The van der Waals surface area contributed by atoms with Gasteiger partial charge in [0.25, 0.3) is 17.4 Å². The zero-order valence-electron chi connectivity index (χ0n) is 19.6. The number of fused-ring (bicyclic) bond motifs is 3. The molecule has 182 valence electrons. The SMILES string of the molecule is Cc1ccc(NC(=O)c2ccnc(C(C)(F)F)c2)cc1-c1cc2n(c(=O)c1)CC[C@@H]1COCCN21. The highest BCUT2D eigenvalue weighted by Crippen LogP contribution is 2.32. The van der Waals surface area contributed by atoms with E-state index < -0.39 is 17.5 Å². The highest BCUT2D eigenvalue weighted by Gasteiger charge is 2.30. The predicted octanol–water partition coefficient (Wildman–Crippen LogP) is 4.19. The topological polar surface area (TPSA) is 76.5 Å². The van der Waals surface area contributed by atoms with Gasteiger partial charge in [-0.2, -0.15) is 8.78 Å². The number of nitrogens with one attached hydrogen (secondary N) is 1. The molecule has 1 atom stereocenters. The van der Waals surface area contributed by atoms with Crippen molar-refractivity contribution in [2.45, 2.75) is 38.8 Å². The first-order valence-electron chi connectivity index (χ1n) is 11.6. The van der Waals surface area contributed by atoms with Crippen molar-refractivity contribution < 1.29 is 18.3 Å². The van der Waals surface area contributed by atoms with E-state index in [9.17, 15) is 18.4 Å². The number of alkyl halides is 2. The van der Waals surface area contributed by atoms with Gasteiger partial charge in [-0.1, -0.05) is 6.07 Å². The first-order chi connectivity index (χ1) is 16.7. The summed E-state index contributed by atoms with van der Waals surface area (Å²) in [6, 6.07) is 11.8. The molecule has 2 aliphatic heterocycles. The molecule has 0 spiro atoms. The number of aromatic nitrogens is 2. The Labute approximate surface area is 201 Å². The molecule has 0 saturated carbocycles. The summed E-state index contributed by atoms with van der Waals surface area (Å²) in [5.74, 6) is -2.78. The van der Waals surface area contributed by atoms with Crippen LogP contribution in [0.2, 0.25) is 0 Å². The molecular formula is C26H26F2N4O3. The summed E-state index contributed by atoms with van der Waals surface area (Å²) in [5, 5.41) is 2.77. The fraction of sp³-hybridized carbons (Fsp3) is 0.346. The fourth-order valence-corrected chi connectivity index (χ4v) is 4.70. The third kappa shape index (κ3) is 4.55. The average Bonchev–Trinajstić information content (AvgIpc) is 2.84. The van der Waals surface area contributed by atoms with Gasteiger partial charge in [0.1, 0.15) is 11.5 Å². The number of ether oxygens (including phenoxy) is 1. The lowest BCUT2D eigenvalue weighted by Crippen LogP contribution is -2.51. The number of aryl methyl sites for hydroxylation is 1. The van der Waals surface area contributed by atoms with E-state index in [1.807, 2.05) is 19.1 Å². The monoisotopic (exact) mass is 480 g/mol. The fourth-order valence-electron chi connectivity index (χ4n) is 4.70. The van der Waals surface area contributed by atoms with Crippen molar-refractivity contribution >= 4 is 17.4 Å². The van der Waals surface area contributed by atoms with Crippen molar-refractivity contribution in [3.05, 3.63) is 75.8 Å². The van der Waals surface area contributed by atoms with Crippen LogP contribution in [-0.2, 0) is 17.2 Å². The van der Waals surface area contributed by atoms with Crippen molar-refractivity contribution in [1.29, 1.82) is 0 Å². The summed E-state index contributed by atoms with van der Waals surface area (Å²) in [6.45, 7) is 5.33. The van der Waals surface area contributed by atoms with E-state index in [0.717, 1.165) is 48.5 Å². The van der Waals surface area contributed by atoms with E-state index >= 15 is 0 Å². The van der Waals surface area contributed by atoms with Gasteiger partial charge in [-0.15, -0.1) is 0 Å². The quantitative estimate of drug-likeness (QED) is 0.606. The molecule has 1 aromatic carbocycles. The maximum Gasteiger partial charge on any atom is 0.286 e. The van der Waals surface area contributed by atoms with Crippen LogP contribution in [0.1, 0.15) is 35.0 Å². The number of amides is 1. The number of morpholine rings is 1. The van der Waals surface area contributed by atoms with Gasteiger partial charge in [-0.05, 0) is 60.4 Å². The molecule has 5 rings (SSSR count). The predicted molar refractivity (Wildman–Crippen MR) is 129 cm³/mol. The second kappa shape index (κ2) is 8.88. The van der Waals surface area contributed by atoms with Crippen LogP contribution >= 0.6 is 0 Å². The number of anilines is 2. The van der Waals surface area contributed by atoms with Crippen LogP contribution in [-0.4, -0.2) is 41.3 Å². The van der Waals surface area contributed by atoms with E-state index in [0.29, 0.717) is 25.4 Å². The lowest BCUT2D eigenvalue weighted by atomic mass is 9.99. The molecule has 0 bridgehead atoms. The molecule has 0 aliphatic carbocycles. The lowest BCUT2D eigenvalue weighted by Gasteiger charge is -2.42. The van der Waals surface area contributed by atoms with Gasteiger partial charge in [0.05, 0.1) is 19.3 Å². The molecule has 1 amide bonds. The van der Waals surface area contributed by atoms with Crippen molar-refractivity contribution in [1.82, 2.24) is 9.55 Å². The van der Waals surface area contributed by atoms with E-state index in [-0.39, 0.29) is 17.2 Å². The second-order valence-corrected chi connectivity index (χ2v) is 9.10. The molecule has 35 heavy (non-hydrogen) atoms. The molecule has 1 N–H and O–H groups in total. The highest BCUT2D eigenvalue weighted by atomic mass is 19.3. The first kappa shape index (κ1) is 23.2. The average molecular weight is 481 g/mol. The van der Waals surface area contributed by atoms with Gasteiger partial charge in [0.15, 0.2) is 0 Å². The van der Waals surface area contributed by atoms with Crippen LogP contribution in [0.4, 0.5) is 20.3 Å². The number of carbonyl (C=O) groups excluding carboxylic acids is 1. The van der Waals surface area contributed by atoms with Gasteiger partial charge in [0, 0.05) is 43.5 Å². The van der Waals surface area contributed by atoms with Gasteiger partial charge in [-0.3, -0.25) is 19.1 Å². The minimum atomic E-state index is -3.15. The molecular weight excluding hydrogens is 454 g/mol. The Bertz CT molecular complexity index is 1350. The summed E-state index contributed by atoms with van der Waals surface area (Å²) in [4.78, 5) is 31.6. The standard InChI is InChI=1S/C26H26F2N4O3/c1-16-3-4-19(30-25(34)17-5-7-29-22(11-17)26(2,27)28)14-21(16)18-12-23-31-9-10-35-15-20(31)6-8-32(23)24(33)13-18/h3-5,7,11-14,20H,6,8-10,15H2,1-2H3,(H,30,34)/t20-/m1/s1. The Morgan fingerprint density at radius 3 is 2.80 bits per heavy atom. The number of benzene rings is 1. The Kier molecular flexibility index (Phi) is 5.88. The first-order valence-corrected chi connectivity index (χ1v) is 11.6. The molecule has 1 fully saturated rings. The lowest BCUT2D eigenvalue weighted by molar-refractivity contribution is 0.0127. The normalized spacial score (nSPS) is 17.5. The number of carbonyl (C=O) groups is 1. The van der Waals surface area contributed by atoms with E-state index in [1.54, 1.807) is 22.8 Å². The Morgan fingerprint density at radius 1 is 1.17 bits per heavy atom. The molecule has 7 nitrogen and oxygen atoms in total. The Balaban J connectivity index is 1.46. The van der Waals surface area contributed by atoms with E-state index in [4.69, 9.17) is 4.74 Å². The maximum atomic E-state index is 13.6. The molecule has 4 heterocycles. The molecule has 9 heteroatoms. The number of nitrogens with zero attached hydrogens (tertiary/aromatic N) is 3. The van der Waals surface area contributed by atoms with Crippen molar-refractivity contribution in [3.8, 4) is 11.1 Å². The summed E-state index contributed by atoms with van der Waals surface area (Å²) < 4.78 is 34.7. The van der Waals surface area contributed by atoms with Crippen LogP contribution in [0.25, 0.3) is 11.1 Å². The smallest absolute Gasteiger partial charge is 0.286 e. The van der Waals surface area contributed by atoms with Crippen LogP contribution < -0.4 is 15.8 Å². The van der Waals surface area contributed by atoms with Crippen LogP contribution in [0.3, 0.4) is 0 Å². The third-order valence-corrected chi connectivity index (χ3v) is 6.59. The van der Waals surface area contributed by atoms with E-state index in [2.05, 4.69) is 15.2 Å². The molecule has 2 aliphatic rings. The third-order valence-electron chi connectivity index (χ3n) is 6.59. The second-order valence-electron chi connectivity index (χ2n) is 9.10. The highest BCUT2D eigenvalue weighted by molar-refractivity contribution is 6.04. The number of halogens is 2. The number of pyridine rings is 2. The van der Waals surface area contributed by atoms with Gasteiger partial charge in [-0.25, -0.2) is 0 Å². The van der Waals surface area contributed by atoms with Gasteiger partial charge >= 0.3 is 0 Å². The van der Waals surface area contributed by atoms with Gasteiger partial charge < -0.3 is 15.0 Å². The molecule has 0 unspecified atom stereocenters. The number of rotatable bonds is 4. The maximum absolute atomic E-state index is 13.6. The van der Waals surface area contributed by atoms with Crippen LogP contribution in [0.5, 0.6) is 0 Å². The Morgan fingerprint density at radius 2 is 2.00 bits per heavy atom. The summed E-state index contributed by atoms with van der Waals surface area (Å²) >= 11 is 0. The van der Waals surface area contributed by atoms with Crippen molar-refractivity contribution in [2.75, 3.05) is 30.0 Å². The van der Waals surface area contributed by atoms with E-state index in [1.165, 1.54) is 12.3 Å². The van der Waals surface area contributed by atoms with Crippen LogP contribution in [0, 0.1) is 6.92 Å². The van der Waals surface area contributed by atoms with Crippen LogP contribution in [0.15, 0.2) is 53.5 Å². The molecule has 1 saturated heterocycles. The number of hydrogen-bond acceptors (Lipinski definition) is 5. The largest absolute Gasteiger partial charge is 0.377 e. The van der Waals surface area contributed by atoms with Crippen molar-refractivity contribution in [2.24, 2.45) is 0 Å². The van der Waals surface area contributed by atoms with Gasteiger partial charge in [0.2, 0.25) is 0 Å². The summed E-state index contributed by atoms with van der Waals surface area (Å²) in [7, 11) is 0. The molecule has 0 radical (unpaired) electrons. The Hall–Kier alpha value is -3.59. The van der Waals surface area contributed by atoms with Crippen molar-refractivity contribution in [3.63, 3.8) is 0 Å². The minimum absolute atomic E-state index is 0.0684. The summed E-state index contributed by atoms with van der Waals surface area (Å²) in [6.07, 6.45) is 2.06.